The fourth-order valence-electron chi connectivity index (χ4n) is 3.74. The van der Waals surface area contributed by atoms with Crippen LogP contribution in [-0.2, 0) is 17.8 Å². The van der Waals surface area contributed by atoms with Gasteiger partial charge in [-0.2, -0.15) is 0 Å². The normalized spacial score (nSPS) is 16.8. The Morgan fingerprint density at radius 1 is 1.08 bits per heavy atom. The van der Waals surface area contributed by atoms with E-state index >= 15 is 0 Å². The molecular formula is C20H24N4O. The lowest BCUT2D eigenvalue weighted by molar-refractivity contribution is -0.131. The van der Waals surface area contributed by atoms with Crippen molar-refractivity contribution in [2.45, 2.75) is 39.2 Å². The van der Waals surface area contributed by atoms with Crippen molar-refractivity contribution in [2.75, 3.05) is 24.5 Å². The molecule has 130 valence electrons. The van der Waals surface area contributed by atoms with Crippen molar-refractivity contribution in [3.63, 3.8) is 0 Å². The molecule has 0 spiro atoms. The van der Waals surface area contributed by atoms with Crippen molar-refractivity contribution < 1.29 is 4.79 Å². The SMILES string of the molecule is CCC(=O)N1CCc2nc(-c3ccccc3)nc(N3CCCC3)c2C1. The van der Waals surface area contributed by atoms with Crippen molar-refractivity contribution in [1.29, 1.82) is 0 Å². The number of benzene rings is 1. The second-order valence-corrected chi connectivity index (χ2v) is 6.78. The zero-order valence-corrected chi connectivity index (χ0v) is 14.7. The highest BCUT2D eigenvalue weighted by Crippen LogP contribution is 2.31. The van der Waals surface area contributed by atoms with Gasteiger partial charge in [-0.1, -0.05) is 37.3 Å². The summed E-state index contributed by atoms with van der Waals surface area (Å²) in [5.41, 5.74) is 3.31. The van der Waals surface area contributed by atoms with Crippen molar-refractivity contribution in [1.82, 2.24) is 14.9 Å². The minimum Gasteiger partial charge on any atom is -0.356 e. The van der Waals surface area contributed by atoms with Crippen LogP contribution in [0.15, 0.2) is 30.3 Å². The molecule has 1 aromatic heterocycles. The predicted molar refractivity (Wildman–Crippen MR) is 98.3 cm³/mol. The number of carbonyl (C=O) groups excluding carboxylic acids is 1. The molecule has 5 heteroatoms. The van der Waals surface area contributed by atoms with Crippen LogP contribution in [0, 0.1) is 0 Å². The van der Waals surface area contributed by atoms with Crippen molar-refractivity contribution in [3.8, 4) is 11.4 Å². The number of carbonyl (C=O) groups is 1. The van der Waals surface area contributed by atoms with Crippen molar-refractivity contribution in [3.05, 3.63) is 41.6 Å². The van der Waals surface area contributed by atoms with E-state index in [0.717, 1.165) is 54.5 Å². The molecule has 25 heavy (non-hydrogen) atoms. The molecule has 4 rings (SSSR count). The maximum absolute atomic E-state index is 12.2. The first-order valence-corrected chi connectivity index (χ1v) is 9.24. The molecule has 1 saturated heterocycles. The van der Waals surface area contributed by atoms with Crippen LogP contribution in [0.4, 0.5) is 5.82 Å². The maximum atomic E-state index is 12.2. The lowest BCUT2D eigenvalue weighted by Gasteiger charge is -2.31. The van der Waals surface area contributed by atoms with E-state index in [-0.39, 0.29) is 5.91 Å². The molecule has 0 radical (unpaired) electrons. The first kappa shape index (κ1) is 16.1. The number of hydrogen-bond acceptors (Lipinski definition) is 4. The van der Waals surface area contributed by atoms with Crippen LogP contribution in [0.2, 0.25) is 0 Å². The average Bonchev–Trinajstić information content (AvgIpc) is 3.21. The number of amides is 1. The smallest absolute Gasteiger partial charge is 0.222 e. The zero-order valence-electron chi connectivity index (χ0n) is 14.7. The minimum atomic E-state index is 0.213. The van der Waals surface area contributed by atoms with Gasteiger partial charge in [0.25, 0.3) is 0 Å². The number of rotatable bonds is 3. The van der Waals surface area contributed by atoms with Gasteiger partial charge in [0, 0.05) is 43.6 Å². The summed E-state index contributed by atoms with van der Waals surface area (Å²) in [5, 5.41) is 0. The third-order valence-corrected chi connectivity index (χ3v) is 5.13. The highest BCUT2D eigenvalue weighted by atomic mass is 16.2. The van der Waals surface area contributed by atoms with Crippen LogP contribution < -0.4 is 4.90 Å². The lowest BCUT2D eigenvalue weighted by Crippen LogP contribution is -2.37. The zero-order chi connectivity index (χ0) is 17.2. The van der Waals surface area contributed by atoms with E-state index in [1.807, 2.05) is 30.0 Å². The van der Waals surface area contributed by atoms with Gasteiger partial charge >= 0.3 is 0 Å². The fraction of sp³-hybridized carbons (Fsp3) is 0.450. The van der Waals surface area contributed by atoms with E-state index in [2.05, 4.69) is 17.0 Å². The molecule has 0 saturated carbocycles. The van der Waals surface area contributed by atoms with Crippen LogP contribution in [0.3, 0.4) is 0 Å². The maximum Gasteiger partial charge on any atom is 0.222 e. The summed E-state index contributed by atoms with van der Waals surface area (Å²) in [5.74, 6) is 2.05. The summed E-state index contributed by atoms with van der Waals surface area (Å²) in [6.45, 7) is 5.40. The molecule has 0 bridgehead atoms. The number of nitrogens with zero attached hydrogens (tertiary/aromatic N) is 4. The molecule has 5 nitrogen and oxygen atoms in total. The number of fused-ring (bicyclic) bond motifs is 1. The topological polar surface area (TPSA) is 49.3 Å². The Hall–Kier alpha value is -2.43. The standard InChI is InChI=1S/C20H24N4O/c1-2-18(25)24-13-10-17-16(14-24)20(23-11-6-7-12-23)22-19(21-17)15-8-4-3-5-9-15/h3-5,8-9H,2,6-7,10-14H2,1H3. The van der Waals surface area contributed by atoms with Crippen LogP contribution in [-0.4, -0.2) is 40.4 Å². The van der Waals surface area contributed by atoms with E-state index < -0.39 is 0 Å². The summed E-state index contributed by atoms with van der Waals surface area (Å²) < 4.78 is 0. The predicted octanol–water partition coefficient (Wildman–Crippen LogP) is 3.04. The van der Waals surface area contributed by atoms with Gasteiger partial charge in [0.1, 0.15) is 5.82 Å². The van der Waals surface area contributed by atoms with Gasteiger partial charge in [-0.05, 0) is 12.8 Å². The average molecular weight is 336 g/mol. The van der Waals surface area contributed by atoms with Crippen LogP contribution in [0.5, 0.6) is 0 Å². The molecule has 1 amide bonds. The molecule has 3 heterocycles. The summed E-state index contributed by atoms with van der Waals surface area (Å²) in [4.78, 5) is 26.3. The van der Waals surface area contributed by atoms with E-state index in [0.29, 0.717) is 13.0 Å². The van der Waals surface area contributed by atoms with Crippen LogP contribution >= 0.6 is 0 Å². The minimum absolute atomic E-state index is 0.213. The Morgan fingerprint density at radius 2 is 1.84 bits per heavy atom. The van der Waals surface area contributed by atoms with Crippen molar-refractivity contribution >= 4 is 11.7 Å². The third-order valence-electron chi connectivity index (χ3n) is 5.13. The Kier molecular flexibility index (Phi) is 4.38. The van der Waals surface area contributed by atoms with E-state index in [4.69, 9.17) is 9.97 Å². The Bertz CT molecular complexity index is 769. The number of anilines is 1. The fourth-order valence-corrected chi connectivity index (χ4v) is 3.74. The molecular weight excluding hydrogens is 312 g/mol. The Balaban J connectivity index is 1.77. The molecule has 1 aromatic carbocycles. The monoisotopic (exact) mass is 336 g/mol. The first-order valence-electron chi connectivity index (χ1n) is 9.24. The van der Waals surface area contributed by atoms with E-state index in [9.17, 15) is 4.79 Å². The lowest BCUT2D eigenvalue weighted by atomic mass is 10.0. The van der Waals surface area contributed by atoms with Crippen molar-refractivity contribution in [2.24, 2.45) is 0 Å². The second kappa shape index (κ2) is 6.82. The highest BCUT2D eigenvalue weighted by Gasteiger charge is 2.28. The number of hydrogen-bond donors (Lipinski definition) is 0. The van der Waals surface area contributed by atoms with Crippen LogP contribution in [0.25, 0.3) is 11.4 Å². The highest BCUT2D eigenvalue weighted by molar-refractivity contribution is 5.76. The summed E-state index contributed by atoms with van der Waals surface area (Å²) in [7, 11) is 0. The van der Waals surface area contributed by atoms with Gasteiger partial charge in [0.15, 0.2) is 5.82 Å². The summed E-state index contributed by atoms with van der Waals surface area (Å²) in [6.07, 6.45) is 3.77. The quantitative estimate of drug-likeness (QED) is 0.864. The van der Waals surface area contributed by atoms with Gasteiger partial charge in [0.2, 0.25) is 5.91 Å². The largest absolute Gasteiger partial charge is 0.356 e. The van der Waals surface area contributed by atoms with E-state index in [1.54, 1.807) is 0 Å². The van der Waals surface area contributed by atoms with E-state index in [1.165, 1.54) is 12.8 Å². The Morgan fingerprint density at radius 3 is 2.56 bits per heavy atom. The number of aromatic nitrogens is 2. The van der Waals surface area contributed by atoms with Gasteiger partial charge in [-0.3, -0.25) is 4.79 Å². The molecule has 2 aromatic rings. The molecule has 0 N–H and O–H groups in total. The molecule has 1 fully saturated rings. The molecule has 0 aliphatic carbocycles. The molecule has 0 atom stereocenters. The Labute approximate surface area is 148 Å². The molecule has 2 aliphatic heterocycles. The molecule has 2 aliphatic rings. The summed E-state index contributed by atoms with van der Waals surface area (Å²) in [6, 6.07) is 10.2. The van der Waals surface area contributed by atoms with Gasteiger partial charge in [0.05, 0.1) is 12.2 Å². The first-order chi connectivity index (χ1) is 12.3. The van der Waals surface area contributed by atoms with Gasteiger partial charge < -0.3 is 9.80 Å². The summed E-state index contributed by atoms with van der Waals surface area (Å²) >= 11 is 0. The second-order valence-electron chi connectivity index (χ2n) is 6.78. The third kappa shape index (κ3) is 3.11. The van der Waals surface area contributed by atoms with Crippen LogP contribution in [0.1, 0.15) is 37.4 Å². The van der Waals surface area contributed by atoms with Gasteiger partial charge in [-0.25, -0.2) is 9.97 Å². The molecule has 0 unspecified atom stereocenters. The van der Waals surface area contributed by atoms with Gasteiger partial charge in [-0.15, -0.1) is 0 Å².